The summed E-state index contributed by atoms with van der Waals surface area (Å²) < 4.78 is 5.04. The number of nitrogens with zero attached hydrogens (tertiary/aromatic N) is 2. The molecule has 2 aromatic rings. The van der Waals surface area contributed by atoms with Gasteiger partial charge in [0.2, 0.25) is 0 Å². The molecule has 0 aliphatic rings. The van der Waals surface area contributed by atoms with Crippen LogP contribution in [0.5, 0.6) is 5.75 Å². The molecule has 104 valence electrons. The maximum atomic E-state index is 11.7. The molecule has 1 aromatic heterocycles. The first-order chi connectivity index (χ1) is 9.70. The van der Waals surface area contributed by atoms with Crippen LogP contribution in [0.4, 0.5) is 0 Å². The summed E-state index contributed by atoms with van der Waals surface area (Å²) in [4.78, 5) is 19.4. The maximum Gasteiger partial charge on any atom is 0.271 e. The van der Waals surface area contributed by atoms with E-state index >= 15 is 0 Å². The van der Waals surface area contributed by atoms with Gasteiger partial charge in [-0.1, -0.05) is 12.1 Å². The van der Waals surface area contributed by atoms with E-state index in [2.05, 4.69) is 15.3 Å². The van der Waals surface area contributed by atoms with E-state index in [0.717, 1.165) is 0 Å². The minimum Gasteiger partial charge on any atom is -0.497 e. The van der Waals surface area contributed by atoms with Gasteiger partial charge in [-0.05, 0) is 17.7 Å². The molecule has 1 aromatic carbocycles. The minimum absolute atomic E-state index is 0.0989. The molecule has 0 radical (unpaired) electrons. The van der Waals surface area contributed by atoms with Gasteiger partial charge >= 0.3 is 0 Å². The van der Waals surface area contributed by atoms with Gasteiger partial charge in [0.25, 0.3) is 5.91 Å². The Morgan fingerprint density at radius 2 is 2.10 bits per heavy atom. The second-order valence-corrected chi connectivity index (χ2v) is 4.09. The molecule has 1 atom stereocenters. The van der Waals surface area contributed by atoms with Crippen molar-refractivity contribution in [3.05, 3.63) is 54.1 Å². The largest absolute Gasteiger partial charge is 0.497 e. The molecule has 0 aliphatic heterocycles. The topological polar surface area (TPSA) is 84.3 Å². The number of aromatic nitrogens is 2. The average Bonchev–Trinajstić information content (AvgIpc) is 2.53. The Hall–Kier alpha value is -2.47. The highest BCUT2D eigenvalue weighted by atomic mass is 16.5. The van der Waals surface area contributed by atoms with Crippen LogP contribution in [0.25, 0.3) is 0 Å². The third kappa shape index (κ3) is 3.52. The number of ether oxygens (including phenoxy) is 1. The van der Waals surface area contributed by atoms with E-state index in [-0.39, 0.29) is 18.1 Å². The van der Waals surface area contributed by atoms with Crippen molar-refractivity contribution in [1.82, 2.24) is 15.3 Å². The van der Waals surface area contributed by atoms with Crippen LogP contribution in [-0.2, 0) is 0 Å². The molecule has 0 saturated heterocycles. The van der Waals surface area contributed by atoms with E-state index in [0.29, 0.717) is 11.3 Å². The molecule has 1 heterocycles. The van der Waals surface area contributed by atoms with Crippen molar-refractivity contribution in [3.8, 4) is 5.75 Å². The number of hydrogen-bond donors (Lipinski definition) is 2. The Morgan fingerprint density at radius 3 is 2.70 bits per heavy atom. The summed E-state index contributed by atoms with van der Waals surface area (Å²) in [6.07, 6.45) is 3.51. The molecule has 0 fully saturated rings. The van der Waals surface area contributed by atoms with Crippen LogP contribution < -0.4 is 10.1 Å². The van der Waals surface area contributed by atoms with Crippen molar-refractivity contribution < 1.29 is 14.6 Å². The van der Waals surface area contributed by atoms with Gasteiger partial charge in [0, 0.05) is 18.9 Å². The third-order valence-electron chi connectivity index (χ3n) is 2.75. The zero-order chi connectivity index (χ0) is 14.4. The van der Waals surface area contributed by atoms with Gasteiger partial charge in [0.05, 0.1) is 19.4 Å². The van der Waals surface area contributed by atoms with E-state index in [1.807, 2.05) is 0 Å². The zero-order valence-corrected chi connectivity index (χ0v) is 11.0. The highest BCUT2D eigenvalue weighted by molar-refractivity contribution is 5.91. The van der Waals surface area contributed by atoms with Crippen molar-refractivity contribution >= 4 is 5.91 Å². The van der Waals surface area contributed by atoms with Crippen molar-refractivity contribution in [2.45, 2.75) is 6.10 Å². The SMILES string of the molecule is COc1ccc([C@@H](O)CNC(=O)c2cnccn2)cc1. The highest BCUT2D eigenvalue weighted by Crippen LogP contribution is 2.16. The van der Waals surface area contributed by atoms with Crippen LogP contribution in [-0.4, -0.2) is 34.6 Å². The molecule has 6 nitrogen and oxygen atoms in total. The number of rotatable bonds is 5. The lowest BCUT2D eigenvalue weighted by atomic mass is 10.1. The lowest BCUT2D eigenvalue weighted by Crippen LogP contribution is -2.29. The number of benzene rings is 1. The predicted octanol–water partition coefficient (Wildman–Crippen LogP) is 0.949. The van der Waals surface area contributed by atoms with E-state index in [1.165, 1.54) is 18.6 Å². The molecular formula is C14H15N3O3. The highest BCUT2D eigenvalue weighted by Gasteiger charge is 2.11. The first-order valence-corrected chi connectivity index (χ1v) is 6.07. The number of aliphatic hydroxyl groups is 1. The Bertz CT molecular complexity index is 558. The van der Waals surface area contributed by atoms with Crippen molar-refractivity contribution in [2.24, 2.45) is 0 Å². The number of carbonyl (C=O) groups is 1. The fourth-order valence-corrected chi connectivity index (χ4v) is 1.64. The standard InChI is InChI=1S/C14H15N3O3/c1-20-11-4-2-10(3-5-11)13(18)9-17-14(19)12-8-15-6-7-16-12/h2-8,13,18H,9H2,1H3,(H,17,19)/t13-/m0/s1. The molecule has 2 N–H and O–H groups in total. The molecule has 0 unspecified atom stereocenters. The number of methoxy groups -OCH3 is 1. The van der Waals surface area contributed by atoms with Crippen molar-refractivity contribution in [3.63, 3.8) is 0 Å². The summed E-state index contributed by atoms with van der Waals surface area (Å²) in [7, 11) is 1.58. The second-order valence-electron chi connectivity index (χ2n) is 4.09. The summed E-state index contributed by atoms with van der Waals surface area (Å²) in [6, 6.07) is 7.00. The Balaban J connectivity index is 1.91. The Kier molecular flexibility index (Phi) is 4.62. The lowest BCUT2D eigenvalue weighted by Gasteiger charge is -2.12. The van der Waals surface area contributed by atoms with Gasteiger partial charge in [-0.2, -0.15) is 0 Å². The van der Waals surface area contributed by atoms with Crippen molar-refractivity contribution in [1.29, 1.82) is 0 Å². The molecule has 0 saturated carbocycles. The first kappa shape index (κ1) is 14.0. The van der Waals surface area contributed by atoms with Gasteiger partial charge in [-0.3, -0.25) is 9.78 Å². The van der Waals surface area contributed by atoms with Gasteiger partial charge in [0.1, 0.15) is 11.4 Å². The zero-order valence-electron chi connectivity index (χ0n) is 11.0. The van der Waals surface area contributed by atoms with Crippen LogP contribution in [0.15, 0.2) is 42.9 Å². The summed E-state index contributed by atoms with van der Waals surface area (Å²) in [5.74, 6) is 0.343. The van der Waals surface area contributed by atoms with Gasteiger partial charge in [-0.15, -0.1) is 0 Å². The number of nitrogens with one attached hydrogen (secondary N) is 1. The summed E-state index contributed by atoms with van der Waals surface area (Å²) >= 11 is 0. The van der Waals surface area contributed by atoms with E-state index in [9.17, 15) is 9.90 Å². The monoisotopic (exact) mass is 273 g/mol. The Morgan fingerprint density at radius 1 is 1.35 bits per heavy atom. The molecular weight excluding hydrogens is 258 g/mol. The molecule has 0 aliphatic carbocycles. The fourth-order valence-electron chi connectivity index (χ4n) is 1.64. The van der Waals surface area contributed by atoms with Gasteiger partial charge in [0.15, 0.2) is 0 Å². The molecule has 1 amide bonds. The number of carbonyl (C=O) groups excluding carboxylic acids is 1. The quantitative estimate of drug-likeness (QED) is 0.847. The third-order valence-corrected chi connectivity index (χ3v) is 2.75. The maximum absolute atomic E-state index is 11.7. The van der Waals surface area contributed by atoms with Crippen LogP contribution in [0.2, 0.25) is 0 Å². The summed E-state index contributed by atoms with van der Waals surface area (Å²) in [5, 5.41) is 12.6. The molecule has 2 rings (SSSR count). The number of hydrogen-bond acceptors (Lipinski definition) is 5. The molecule has 6 heteroatoms. The molecule has 0 bridgehead atoms. The minimum atomic E-state index is -0.790. The van der Waals surface area contributed by atoms with Gasteiger partial charge < -0.3 is 15.2 Å². The summed E-state index contributed by atoms with van der Waals surface area (Å²) in [6.45, 7) is 0.0989. The lowest BCUT2D eigenvalue weighted by molar-refractivity contribution is 0.0911. The predicted molar refractivity (Wildman–Crippen MR) is 72.3 cm³/mol. The number of amides is 1. The number of aliphatic hydroxyl groups excluding tert-OH is 1. The van der Waals surface area contributed by atoms with E-state index in [1.54, 1.807) is 31.4 Å². The average molecular weight is 273 g/mol. The molecule has 20 heavy (non-hydrogen) atoms. The van der Waals surface area contributed by atoms with Crippen LogP contribution in [0, 0.1) is 0 Å². The van der Waals surface area contributed by atoms with E-state index in [4.69, 9.17) is 4.74 Å². The van der Waals surface area contributed by atoms with Crippen LogP contribution in [0.1, 0.15) is 22.2 Å². The molecule has 0 spiro atoms. The smallest absolute Gasteiger partial charge is 0.271 e. The van der Waals surface area contributed by atoms with Gasteiger partial charge in [-0.25, -0.2) is 4.98 Å². The van der Waals surface area contributed by atoms with Crippen LogP contribution >= 0.6 is 0 Å². The Labute approximate surface area is 116 Å². The summed E-state index contributed by atoms with van der Waals surface area (Å²) in [5.41, 5.74) is 0.916. The van der Waals surface area contributed by atoms with E-state index < -0.39 is 6.10 Å². The second kappa shape index (κ2) is 6.63. The first-order valence-electron chi connectivity index (χ1n) is 6.07. The normalized spacial score (nSPS) is 11.7. The fraction of sp³-hybridized carbons (Fsp3) is 0.214. The van der Waals surface area contributed by atoms with Crippen LogP contribution in [0.3, 0.4) is 0 Å². The van der Waals surface area contributed by atoms with Crippen molar-refractivity contribution in [2.75, 3.05) is 13.7 Å².